The quantitative estimate of drug-likeness (QED) is 0.441. The second-order valence-corrected chi connectivity index (χ2v) is 9.88. The lowest BCUT2D eigenvalue weighted by molar-refractivity contribution is -0.141. The molecular formula is C27H35FN4O3. The highest BCUT2D eigenvalue weighted by molar-refractivity contribution is 5.95. The van der Waals surface area contributed by atoms with Crippen LogP contribution in [0.5, 0.6) is 5.75 Å². The fourth-order valence-corrected chi connectivity index (χ4v) is 5.37. The Kier molecular flexibility index (Phi) is 7.48. The monoisotopic (exact) mass is 482 g/mol. The van der Waals surface area contributed by atoms with E-state index in [4.69, 9.17) is 9.47 Å². The number of benzene rings is 1. The number of carbonyl (C=O) groups excluding carboxylic acids is 1. The van der Waals surface area contributed by atoms with Crippen molar-refractivity contribution in [3.05, 3.63) is 48.5 Å². The van der Waals surface area contributed by atoms with Crippen molar-refractivity contribution < 1.29 is 18.7 Å². The number of ether oxygens (including phenoxy) is 2. The Morgan fingerprint density at radius 3 is 2.43 bits per heavy atom. The number of anilines is 2. The van der Waals surface area contributed by atoms with Gasteiger partial charge in [-0.2, -0.15) is 4.39 Å². The van der Waals surface area contributed by atoms with Gasteiger partial charge in [0, 0.05) is 25.3 Å². The molecule has 7 nitrogen and oxygen atoms in total. The van der Waals surface area contributed by atoms with Crippen LogP contribution >= 0.6 is 0 Å². The molecule has 188 valence electrons. The molecule has 2 aromatic rings. The summed E-state index contributed by atoms with van der Waals surface area (Å²) < 4.78 is 25.3. The smallest absolute Gasteiger partial charge is 0.253 e. The topological polar surface area (TPSA) is 58.1 Å². The number of piperidine rings is 2. The van der Waals surface area contributed by atoms with Gasteiger partial charge in [0.1, 0.15) is 12.4 Å². The Labute approximate surface area is 206 Å². The molecule has 1 spiro atoms. The lowest BCUT2D eigenvalue weighted by Gasteiger charge is -2.47. The van der Waals surface area contributed by atoms with Gasteiger partial charge in [0.05, 0.1) is 30.6 Å². The first-order valence-electron chi connectivity index (χ1n) is 12.9. The fourth-order valence-electron chi connectivity index (χ4n) is 5.37. The van der Waals surface area contributed by atoms with Gasteiger partial charge in [-0.3, -0.25) is 4.79 Å². The minimum Gasteiger partial charge on any atom is -0.494 e. The molecule has 3 aliphatic rings. The predicted octanol–water partition coefficient (Wildman–Crippen LogP) is 3.88. The van der Waals surface area contributed by atoms with Gasteiger partial charge in [0.25, 0.3) is 5.91 Å². The average molecular weight is 483 g/mol. The van der Waals surface area contributed by atoms with Crippen LogP contribution in [0.2, 0.25) is 0 Å². The molecule has 3 aliphatic heterocycles. The number of morpholine rings is 1. The summed E-state index contributed by atoms with van der Waals surface area (Å²) in [6.07, 6.45) is 8.14. The summed E-state index contributed by atoms with van der Waals surface area (Å²) in [4.78, 5) is 22.7. The van der Waals surface area contributed by atoms with Crippen LogP contribution in [-0.2, 0) is 9.53 Å². The maximum absolute atomic E-state index is 13.2. The van der Waals surface area contributed by atoms with E-state index in [-0.39, 0.29) is 18.1 Å². The number of amides is 1. The normalized spacial score (nSPS) is 20.9. The van der Waals surface area contributed by atoms with Crippen LogP contribution in [0.1, 0.15) is 38.5 Å². The summed E-state index contributed by atoms with van der Waals surface area (Å²) in [5.74, 6) is 0.253. The van der Waals surface area contributed by atoms with Crippen molar-refractivity contribution in [3.63, 3.8) is 0 Å². The fraction of sp³-hybridized carbons (Fsp3) is 0.556. The summed E-state index contributed by atoms with van der Waals surface area (Å²) in [6, 6.07) is 11.2. The van der Waals surface area contributed by atoms with Crippen LogP contribution < -0.4 is 14.5 Å². The van der Waals surface area contributed by atoms with Gasteiger partial charge >= 0.3 is 0 Å². The van der Waals surface area contributed by atoms with Gasteiger partial charge in [0.2, 0.25) is 5.95 Å². The van der Waals surface area contributed by atoms with Crippen molar-refractivity contribution in [2.45, 2.75) is 44.1 Å². The van der Waals surface area contributed by atoms with Crippen molar-refractivity contribution in [2.24, 2.45) is 0 Å². The molecule has 1 aromatic carbocycles. The van der Waals surface area contributed by atoms with E-state index in [1.165, 1.54) is 50.3 Å². The van der Waals surface area contributed by atoms with E-state index < -0.39 is 5.95 Å². The highest BCUT2D eigenvalue weighted by Crippen LogP contribution is 2.34. The van der Waals surface area contributed by atoms with Crippen LogP contribution in [-0.4, -0.2) is 73.9 Å². The molecule has 0 unspecified atom stereocenters. The summed E-state index contributed by atoms with van der Waals surface area (Å²) in [5, 5.41) is 0. The largest absolute Gasteiger partial charge is 0.494 e. The van der Waals surface area contributed by atoms with Gasteiger partial charge in [-0.15, -0.1) is 0 Å². The number of pyridine rings is 1. The van der Waals surface area contributed by atoms with Crippen molar-refractivity contribution in [2.75, 3.05) is 62.3 Å². The van der Waals surface area contributed by atoms with Crippen LogP contribution in [0.4, 0.5) is 15.8 Å². The van der Waals surface area contributed by atoms with Crippen LogP contribution in [0.25, 0.3) is 0 Å². The molecule has 5 rings (SSSR count). The number of likely N-dealkylation sites (tertiary alicyclic amines) is 1. The predicted molar refractivity (Wildman–Crippen MR) is 134 cm³/mol. The summed E-state index contributed by atoms with van der Waals surface area (Å²) in [6.45, 7) is 6.54. The van der Waals surface area contributed by atoms with E-state index >= 15 is 0 Å². The Hall–Kier alpha value is -2.71. The number of nitrogens with zero attached hydrogens (tertiary/aromatic N) is 4. The minimum atomic E-state index is -0.550. The van der Waals surface area contributed by atoms with Gasteiger partial charge in [-0.1, -0.05) is 6.42 Å². The standard InChI is InChI=1S/C27H35FN4O3/c28-25-10-7-23(19-29-25)32-21-27(35-20-26(32)33)11-16-31(17-12-27)22-5-8-24(9-6-22)34-18-4-15-30-13-2-1-3-14-30/h5-10,19H,1-4,11-18,20-21H2. The molecule has 35 heavy (non-hydrogen) atoms. The Morgan fingerprint density at radius 1 is 0.971 bits per heavy atom. The number of rotatable bonds is 7. The molecule has 4 heterocycles. The van der Waals surface area contributed by atoms with Crippen molar-refractivity contribution in [1.29, 1.82) is 0 Å². The zero-order valence-electron chi connectivity index (χ0n) is 20.3. The second-order valence-electron chi connectivity index (χ2n) is 9.88. The number of aromatic nitrogens is 1. The molecule has 3 saturated heterocycles. The van der Waals surface area contributed by atoms with Gasteiger partial charge in [-0.25, -0.2) is 4.98 Å². The first-order chi connectivity index (χ1) is 17.1. The summed E-state index contributed by atoms with van der Waals surface area (Å²) in [5.41, 5.74) is 1.41. The average Bonchev–Trinajstić information content (AvgIpc) is 2.90. The molecular weight excluding hydrogens is 447 g/mol. The molecule has 1 aromatic heterocycles. The van der Waals surface area contributed by atoms with Crippen LogP contribution in [0.15, 0.2) is 42.6 Å². The molecule has 3 fully saturated rings. The van der Waals surface area contributed by atoms with E-state index in [1.54, 1.807) is 11.0 Å². The van der Waals surface area contributed by atoms with E-state index in [0.717, 1.165) is 51.3 Å². The highest BCUT2D eigenvalue weighted by Gasteiger charge is 2.42. The highest BCUT2D eigenvalue weighted by atomic mass is 19.1. The molecule has 0 radical (unpaired) electrons. The first kappa shape index (κ1) is 24.0. The lowest BCUT2D eigenvalue weighted by atomic mass is 9.88. The molecule has 0 bridgehead atoms. The SMILES string of the molecule is O=C1COC2(CCN(c3ccc(OCCCN4CCCCC4)cc3)CC2)CN1c1ccc(F)nc1. The van der Waals surface area contributed by atoms with E-state index in [2.05, 4.69) is 39.0 Å². The van der Waals surface area contributed by atoms with Crippen molar-refractivity contribution >= 4 is 17.3 Å². The maximum atomic E-state index is 13.2. The van der Waals surface area contributed by atoms with E-state index in [0.29, 0.717) is 12.2 Å². The number of carbonyl (C=O) groups is 1. The second kappa shape index (κ2) is 10.9. The third kappa shape index (κ3) is 5.93. The van der Waals surface area contributed by atoms with E-state index in [9.17, 15) is 9.18 Å². The zero-order valence-corrected chi connectivity index (χ0v) is 20.3. The Morgan fingerprint density at radius 2 is 1.71 bits per heavy atom. The van der Waals surface area contributed by atoms with Crippen LogP contribution in [0, 0.1) is 5.95 Å². The third-order valence-corrected chi connectivity index (χ3v) is 7.49. The van der Waals surface area contributed by atoms with Crippen LogP contribution in [0.3, 0.4) is 0 Å². The third-order valence-electron chi connectivity index (χ3n) is 7.49. The molecule has 8 heteroatoms. The van der Waals surface area contributed by atoms with E-state index in [1.807, 2.05) is 0 Å². The van der Waals surface area contributed by atoms with Gasteiger partial charge < -0.3 is 24.2 Å². The molecule has 1 amide bonds. The van der Waals surface area contributed by atoms with Crippen molar-refractivity contribution in [3.8, 4) is 5.75 Å². The summed E-state index contributed by atoms with van der Waals surface area (Å²) >= 11 is 0. The maximum Gasteiger partial charge on any atom is 0.253 e. The number of hydrogen-bond donors (Lipinski definition) is 0. The van der Waals surface area contributed by atoms with Gasteiger partial charge in [0.15, 0.2) is 0 Å². The molecule has 0 atom stereocenters. The number of hydrogen-bond acceptors (Lipinski definition) is 6. The zero-order chi connectivity index (χ0) is 24.1. The number of halogens is 1. The summed E-state index contributed by atoms with van der Waals surface area (Å²) in [7, 11) is 0. The molecule has 0 aliphatic carbocycles. The lowest BCUT2D eigenvalue weighted by Crippen LogP contribution is -2.59. The first-order valence-corrected chi connectivity index (χ1v) is 12.9. The molecule has 0 N–H and O–H groups in total. The Bertz CT molecular complexity index is 971. The van der Waals surface area contributed by atoms with Crippen molar-refractivity contribution in [1.82, 2.24) is 9.88 Å². The molecule has 0 saturated carbocycles. The Balaban J connectivity index is 1.10. The van der Waals surface area contributed by atoms with Gasteiger partial charge in [-0.05, 0) is 81.6 Å². The minimum absolute atomic E-state index is 0.0428.